The van der Waals surface area contributed by atoms with E-state index in [0.29, 0.717) is 18.9 Å². The molecule has 8 atom stereocenters. The SMILES string of the molecule is Cc1ccc(C(=O)C2=CC34C=CC25C(CCC2(C)C5CCC2(O)CN2CCC(C(N)=O)CC2)C3(C)CCC(O)C4)s1. The van der Waals surface area contributed by atoms with Crippen LogP contribution in [0.2, 0.25) is 0 Å². The van der Waals surface area contributed by atoms with Crippen molar-refractivity contribution in [3.05, 3.63) is 45.7 Å². The maximum atomic E-state index is 14.5. The molecule has 1 saturated heterocycles. The zero-order valence-corrected chi connectivity index (χ0v) is 25.6. The number of likely N-dealkylation sites (tertiary alicyclic amines) is 1. The Hall–Kier alpha value is -1.80. The van der Waals surface area contributed by atoms with Crippen molar-refractivity contribution in [2.75, 3.05) is 19.6 Å². The summed E-state index contributed by atoms with van der Waals surface area (Å²) in [7, 11) is 0. The van der Waals surface area contributed by atoms with Gasteiger partial charge in [-0.1, -0.05) is 32.1 Å². The van der Waals surface area contributed by atoms with Crippen molar-refractivity contribution in [1.82, 2.24) is 4.90 Å². The maximum Gasteiger partial charge on any atom is 0.220 e. The van der Waals surface area contributed by atoms with Gasteiger partial charge in [-0.2, -0.15) is 0 Å². The van der Waals surface area contributed by atoms with Crippen LogP contribution in [0.4, 0.5) is 0 Å². The molecule has 3 saturated carbocycles. The van der Waals surface area contributed by atoms with Crippen LogP contribution < -0.4 is 5.73 Å². The molecule has 7 aliphatic rings. The second-order valence-corrected chi connectivity index (χ2v) is 16.3. The predicted molar refractivity (Wildman–Crippen MR) is 160 cm³/mol. The van der Waals surface area contributed by atoms with Crippen LogP contribution >= 0.6 is 11.3 Å². The fraction of sp³-hybridized carbons (Fsp3) is 0.706. The van der Waals surface area contributed by atoms with Gasteiger partial charge in [-0.3, -0.25) is 9.59 Å². The first-order valence-electron chi connectivity index (χ1n) is 15.8. The van der Waals surface area contributed by atoms with E-state index in [0.717, 1.165) is 79.8 Å². The molecule has 4 N–H and O–H groups in total. The van der Waals surface area contributed by atoms with Crippen molar-refractivity contribution in [3.63, 3.8) is 0 Å². The van der Waals surface area contributed by atoms with E-state index in [1.54, 1.807) is 11.3 Å². The Bertz CT molecular complexity index is 1340. The molecule has 2 spiro atoms. The molecule has 1 aromatic rings. The quantitative estimate of drug-likeness (QED) is 0.336. The number of aliphatic hydroxyl groups is 2. The molecule has 1 aromatic heterocycles. The first kappa shape index (κ1) is 28.0. The van der Waals surface area contributed by atoms with Crippen LogP contribution in [0, 0.1) is 46.3 Å². The summed E-state index contributed by atoms with van der Waals surface area (Å²) in [6.45, 7) is 8.98. The first-order valence-corrected chi connectivity index (χ1v) is 16.7. The van der Waals surface area contributed by atoms with Gasteiger partial charge in [0, 0.05) is 39.2 Å². The van der Waals surface area contributed by atoms with Crippen LogP contribution in [0.5, 0.6) is 0 Å². The summed E-state index contributed by atoms with van der Waals surface area (Å²) in [5.74, 6) is 0.346. The minimum Gasteiger partial charge on any atom is -0.393 e. The fourth-order valence-corrected chi connectivity index (χ4v) is 11.9. The van der Waals surface area contributed by atoms with Gasteiger partial charge < -0.3 is 20.8 Å². The Kier molecular flexibility index (Phi) is 6.22. The highest BCUT2D eigenvalue weighted by atomic mass is 32.1. The van der Waals surface area contributed by atoms with E-state index < -0.39 is 11.0 Å². The smallest absolute Gasteiger partial charge is 0.220 e. The van der Waals surface area contributed by atoms with Crippen LogP contribution in [0.15, 0.2) is 35.9 Å². The molecule has 4 fully saturated rings. The summed E-state index contributed by atoms with van der Waals surface area (Å²) in [6, 6.07) is 4.02. The number of carbonyl (C=O) groups excluding carboxylic acids is 2. The predicted octanol–water partition coefficient (Wildman–Crippen LogP) is 5.03. The number of nitrogens with two attached hydrogens (primary N) is 1. The number of nitrogens with zero attached hydrogens (tertiary/aromatic N) is 1. The van der Waals surface area contributed by atoms with E-state index in [2.05, 4.69) is 43.9 Å². The van der Waals surface area contributed by atoms with Gasteiger partial charge in [-0.15, -0.1) is 11.3 Å². The highest BCUT2D eigenvalue weighted by Gasteiger charge is 2.74. The third kappa shape index (κ3) is 3.64. The van der Waals surface area contributed by atoms with Gasteiger partial charge in [-0.05, 0) is 107 Å². The molecule has 8 unspecified atom stereocenters. The number of hydrogen-bond acceptors (Lipinski definition) is 6. The molecule has 2 bridgehead atoms. The van der Waals surface area contributed by atoms with E-state index in [9.17, 15) is 19.8 Å². The number of primary amides is 1. The third-order valence-electron chi connectivity index (χ3n) is 13.4. The van der Waals surface area contributed by atoms with E-state index in [1.807, 2.05) is 12.1 Å². The summed E-state index contributed by atoms with van der Waals surface area (Å²) in [6.07, 6.45) is 14.2. The molecule has 0 aromatic carbocycles. The van der Waals surface area contributed by atoms with Gasteiger partial charge in [0.2, 0.25) is 5.91 Å². The first-order chi connectivity index (χ1) is 19.4. The molecule has 2 heterocycles. The van der Waals surface area contributed by atoms with Crippen LogP contribution in [-0.2, 0) is 4.79 Å². The Labute approximate surface area is 248 Å². The minimum atomic E-state index is -0.853. The number of rotatable bonds is 5. The number of amides is 1. The standard InChI is InChI=1S/C34H46N2O4S/c1-21-4-5-25(41-21)28(38)24-19-32-14-15-34(24)26(30(32,2)11-6-23(37)18-32)7-12-31(3)27(34)8-13-33(31,40)20-36-16-9-22(10-17-36)29(35)39/h4-5,14-15,19,22-23,26-27,37,40H,6-13,16-18,20H2,1-3H3,(H2,35,39). The Morgan fingerprint density at radius 3 is 2.37 bits per heavy atom. The number of aliphatic hydroxyl groups excluding tert-OH is 1. The number of hydrogen-bond donors (Lipinski definition) is 3. The molecule has 1 aliphatic heterocycles. The molecule has 6 aliphatic carbocycles. The third-order valence-corrected chi connectivity index (χ3v) is 14.4. The van der Waals surface area contributed by atoms with Crippen LogP contribution in [0.1, 0.15) is 86.2 Å². The molecular weight excluding hydrogens is 532 g/mol. The maximum absolute atomic E-state index is 14.5. The zero-order valence-electron chi connectivity index (χ0n) is 24.8. The van der Waals surface area contributed by atoms with Crippen molar-refractivity contribution >= 4 is 23.0 Å². The monoisotopic (exact) mass is 578 g/mol. The van der Waals surface area contributed by atoms with E-state index in [-0.39, 0.29) is 45.9 Å². The lowest BCUT2D eigenvalue weighted by molar-refractivity contribution is -0.177. The molecule has 0 radical (unpaired) electrons. The van der Waals surface area contributed by atoms with Crippen LogP contribution in [0.3, 0.4) is 0 Å². The molecule has 6 nitrogen and oxygen atoms in total. The number of ketones is 1. The highest BCUT2D eigenvalue weighted by Crippen LogP contribution is 2.78. The molecule has 222 valence electrons. The summed E-state index contributed by atoms with van der Waals surface area (Å²) >= 11 is 1.58. The van der Waals surface area contributed by atoms with Gasteiger partial charge in [0.05, 0.1) is 16.6 Å². The second kappa shape index (κ2) is 9.10. The van der Waals surface area contributed by atoms with Crippen molar-refractivity contribution in [1.29, 1.82) is 0 Å². The van der Waals surface area contributed by atoms with E-state index in [1.165, 1.54) is 0 Å². The Morgan fingerprint density at radius 1 is 1.00 bits per heavy atom. The summed E-state index contributed by atoms with van der Waals surface area (Å²) < 4.78 is 0. The summed E-state index contributed by atoms with van der Waals surface area (Å²) in [4.78, 5) is 30.5. The number of aryl methyl sites for hydroxylation is 1. The number of thiophene rings is 1. The second-order valence-electron chi connectivity index (χ2n) is 15.0. The number of β-amino-alcohol motifs (C(OH)–C–C–N with tert-alkyl or cyclic N) is 1. The van der Waals surface area contributed by atoms with E-state index in [4.69, 9.17) is 5.73 Å². The minimum absolute atomic E-state index is 0.0190. The zero-order chi connectivity index (χ0) is 29.0. The molecule has 7 heteroatoms. The van der Waals surface area contributed by atoms with Crippen LogP contribution in [-0.4, -0.2) is 58.1 Å². The van der Waals surface area contributed by atoms with Crippen molar-refractivity contribution in [3.8, 4) is 0 Å². The molecular formula is C34H46N2O4S. The highest BCUT2D eigenvalue weighted by molar-refractivity contribution is 7.14. The van der Waals surface area contributed by atoms with Gasteiger partial charge >= 0.3 is 0 Å². The van der Waals surface area contributed by atoms with Crippen LogP contribution in [0.25, 0.3) is 0 Å². The average molecular weight is 579 g/mol. The van der Waals surface area contributed by atoms with Gasteiger partial charge in [0.1, 0.15) is 0 Å². The largest absolute Gasteiger partial charge is 0.393 e. The number of Topliss-reactive ketones (excluding diaryl/α,β-unsaturated/α-hetero) is 1. The lowest BCUT2D eigenvalue weighted by Crippen LogP contribution is -2.67. The Balaban J connectivity index is 1.29. The number of carbonyl (C=O) groups is 2. The number of allylic oxidation sites excluding steroid dienone is 4. The molecule has 41 heavy (non-hydrogen) atoms. The topological polar surface area (TPSA) is 104 Å². The number of fused-ring (bicyclic) bond motifs is 1. The fourth-order valence-electron chi connectivity index (χ4n) is 11.0. The van der Waals surface area contributed by atoms with Gasteiger partial charge in [0.25, 0.3) is 0 Å². The Morgan fingerprint density at radius 2 is 1.68 bits per heavy atom. The van der Waals surface area contributed by atoms with Crippen molar-refractivity contribution in [2.45, 2.75) is 90.3 Å². The molecule has 8 rings (SSSR count). The van der Waals surface area contributed by atoms with Gasteiger partial charge in [-0.25, -0.2) is 0 Å². The number of piperidine rings is 1. The summed E-state index contributed by atoms with van der Waals surface area (Å²) in [5.41, 5.74) is 4.60. The van der Waals surface area contributed by atoms with Crippen molar-refractivity contribution < 1.29 is 19.8 Å². The lowest BCUT2D eigenvalue weighted by Gasteiger charge is -2.71. The molecule has 1 amide bonds. The normalized spacial score (nSPS) is 45.6. The van der Waals surface area contributed by atoms with E-state index >= 15 is 0 Å². The summed E-state index contributed by atoms with van der Waals surface area (Å²) in [5, 5.41) is 23.4. The average Bonchev–Trinajstić information content (AvgIpc) is 3.48. The van der Waals surface area contributed by atoms with Gasteiger partial charge in [0.15, 0.2) is 5.78 Å². The lowest BCUT2D eigenvalue weighted by atomic mass is 9.32. The van der Waals surface area contributed by atoms with Crippen molar-refractivity contribution in [2.24, 2.45) is 45.1 Å².